The van der Waals surface area contributed by atoms with E-state index in [9.17, 15) is 4.79 Å². The third kappa shape index (κ3) is 3.86. The van der Waals surface area contributed by atoms with Crippen LogP contribution >= 0.6 is 0 Å². The number of nitrogens with zero attached hydrogens (tertiary/aromatic N) is 1. The van der Waals surface area contributed by atoms with Crippen LogP contribution in [0.5, 0.6) is 5.75 Å². The maximum absolute atomic E-state index is 11.9. The van der Waals surface area contributed by atoms with Crippen molar-refractivity contribution in [1.29, 1.82) is 0 Å². The fourth-order valence-electron chi connectivity index (χ4n) is 2.26. The Hall–Kier alpha value is -1.35. The largest absolute Gasteiger partial charge is 0.508 e. The lowest BCUT2D eigenvalue weighted by molar-refractivity contribution is -0.119. The van der Waals surface area contributed by atoms with Crippen molar-refractivity contribution in [3.05, 3.63) is 29.8 Å². The Morgan fingerprint density at radius 1 is 1.12 bits per heavy atom. The summed E-state index contributed by atoms with van der Waals surface area (Å²) in [4.78, 5) is 14.1. The Morgan fingerprint density at radius 3 is 2.41 bits per heavy atom. The van der Waals surface area contributed by atoms with Gasteiger partial charge < -0.3 is 5.11 Å². The van der Waals surface area contributed by atoms with E-state index in [1.54, 1.807) is 12.1 Å². The minimum absolute atomic E-state index is 0.247. The van der Waals surface area contributed by atoms with E-state index in [0.717, 1.165) is 18.7 Å². The maximum Gasteiger partial charge on any atom is 0.151 e. The summed E-state index contributed by atoms with van der Waals surface area (Å²) in [5.41, 5.74) is 0.977. The molecule has 0 radical (unpaired) electrons. The lowest BCUT2D eigenvalue weighted by Crippen LogP contribution is -2.35. The second-order valence-electron chi connectivity index (χ2n) is 4.72. The number of rotatable bonds is 4. The summed E-state index contributed by atoms with van der Waals surface area (Å²) in [6, 6.07) is 6.87. The molecule has 1 saturated heterocycles. The molecule has 1 fully saturated rings. The van der Waals surface area contributed by atoms with Gasteiger partial charge in [0.15, 0.2) is 5.78 Å². The molecule has 0 saturated carbocycles. The topological polar surface area (TPSA) is 40.5 Å². The summed E-state index contributed by atoms with van der Waals surface area (Å²) in [5.74, 6) is 0.509. The molecular weight excluding hydrogens is 214 g/mol. The fraction of sp³-hybridized carbons (Fsp3) is 0.500. The zero-order valence-corrected chi connectivity index (χ0v) is 10.1. The van der Waals surface area contributed by atoms with E-state index in [4.69, 9.17) is 5.11 Å². The Balaban J connectivity index is 1.82. The van der Waals surface area contributed by atoms with Crippen LogP contribution in [0.2, 0.25) is 0 Å². The van der Waals surface area contributed by atoms with Gasteiger partial charge in [0, 0.05) is 6.42 Å². The number of aromatic hydroxyl groups is 1. The highest BCUT2D eigenvalue weighted by Gasteiger charge is 2.13. The van der Waals surface area contributed by atoms with Crippen molar-refractivity contribution in [3.8, 4) is 5.75 Å². The van der Waals surface area contributed by atoms with Gasteiger partial charge in [-0.1, -0.05) is 18.6 Å². The first kappa shape index (κ1) is 12.1. The van der Waals surface area contributed by atoms with Gasteiger partial charge in [-0.25, -0.2) is 0 Å². The molecule has 3 heteroatoms. The predicted molar refractivity (Wildman–Crippen MR) is 67.1 cm³/mol. The number of carbonyl (C=O) groups excluding carboxylic acids is 1. The van der Waals surface area contributed by atoms with Gasteiger partial charge in [-0.05, 0) is 43.6 Å². The fourth-order valence-corrected chi connectivity index (χ4v) is 2.26. The number of phenolic OH excluding ortho intramolecular Hbond substituents is 1. The van der Waals surface area contributed by atoms with Crippen molar-refractivity contribution >= 4 is 5.78 Å². The summed E-state index contributed by atoms with van der Waals surface area (Å²) >= 11 is 0. The molecule has 0 aliphatic carbocycles. The molecule has 0 atom stereocenters. The number of carbonyl (C=O) groups is 1. The van der Waals surface area contributed by atoms with Gasteiger partial charge in [-0.2, -0.15) is 0 Å². The van der Waals surface area contributed by atoms with E-state index in [1.165, 1.54) is 19.3 Å². The molecule has 0 aromatic heterocycles. The second kappa shape index (κ2) is 5.82. The molecule has 3 nitrogen and oxygen atoms in total. The first-order valence-corrected chi connectivity index (χ1v) is 6.26. The van der Waals surface area contributed by atoms with E-state index in [0.29, 0.717) is 13.0 Å². The summed E-state index contributed by atoms with van der Waals surface area (Å²) < 4.78 is 0. The average Bonchev–Trinajstić information content (AvgIpc) is 2.33. The summed E-state index contributed by atoms with van der Waals surface area (Å²) in [6.45, 7) is 2.68. The Kier molecular flexibility index (Phi) is 4.15. The summed E-state index contributed by atoms with van der Waals surface area (Å²) in [7, 11) is 0. The normalized spacial score (nSPS) is 16.9. The Labute approximate surface area is 102 Å². The third-order valence-electron chi connectivity index (χ3n) is 3.19. The molecule has 1 aromatic carbocycles. The lowest BCUT2D eigenvalue weighted by Gasteiger charge is -2.25. The minimum Gasteiger partial charge on any atom is -0.508 e. The molecule has 1 N–H and O–H groups in total. The van der Waals surface area contributed by atoms with Crippen molar-refractivity contribution in [2.24, 2.45) is 0 Å². The highest BCUT2D eigenvalue weighted by Crippen LogP contribution is 2.12. The molecule has 1 aliphatic heterocycles. The molecule has 92 valence electrons. The molecule has 1 heterocycles. The zero-order chi connectivity index (χ0) is 12.1. The molecule has 0 unspecified atom stereocenters. The van der Waals surface area contributed by atoms with Gasteiger partial charge in [0.05, 0.1) is 6.54 Å². The number of hydrogen-bond donors (Lipinski definition) is 1. The van der Waals surface area contributed by atoms with Gasteiger partial charge in [-0.15, -0.1) is 0 Å². The predicted octanol–water partition coefficient (Wildman–Crippen LogP) is 1.99. The smallest absolute Gasteiger partial charge is 0.151 e. The van der Waals surface area contributed by atoms with Crippen LogP contribution in [0, 0.1) is 0 Å². The summed E-state index contributed by atoms with van der Waals surface area (Å²) in [5, 5.41) is 9.16. The molecule has 1 aliphatic rings. The third-order valence-corrected chi connectivity index (χ3v) is 3.19. The average molecular weight is 233 g/mol. The molecule has 2 rings (SSSR count). The Morgan fingerprint density at radius 2 is 1.76 bits per heavy atom. The van der Waals surface area contributed by atoms with E-state index < -0.39 is 0 Å². The van der Waals surface area contributed by atoms with Crippen LogP contribution in [0.4, 0.5) is 0 Å². The van der Waals surface area contributed by atoms with Crippen molar-refractivity contribution in [1.82, 2.24) is 4.90 Å². The van der Waals surface area contributed by atoms with Gasteiger partial charge in [-0.3, -0.25) is 9.69 Å². The monoisotopic (exact) mass is 233 g/mol. The van der Waals surface area contributed by atoms with Crippen LogP contribution in [-0.2, 0) is 11.2 Å². The van der Waals surface area contributed by atoms with Crippen LogP contribution in [0.15, 0.2) is 24.3 Å². The lowest BCUT2D eigenvalue weighted by atomic mass is 10.1. The maximum atomic E-state index is 11.9. The molecule has 0 amide bonds. The van der Waals surface area contributed by atoms with E-state index in [1.807, 2.05) is 12.1 Å². The van der Waals surface area contributed by atoms with Crippen LogP contribution in [0.25, 0.3) is 0 Å². The van der Waals surface area contributed by atoms with Gasteiger partial charge in [0.1, 0.15) is 5.75 Å². The van der Waals surface area contributed by atoms with Crippen molar-refractivity contribution in [2.75, 3.05) is 19.6 Å². The number of ketones is 1. The van der Waals surface area contributed by atoms with Crippen LogP contribution < -0.4 is 0 Å². The SMILES string of the molecule is O=C(Cc1ccc(O)cc1)CN1CCCCC1. The molecule has 0 spiro atoms. The van der Waals surface area contributed by atoms with Crippen LogP contribution in [-0.4, -0.2) is 35.4 Å². The highest BCUT2D eigenvalue weighted by molar-refractivity contribution is 5.82. The van der Waals surface area contributed by atoms with Gasteiger partial charge in [0.25, 0.3) is 0 Å². The first-order chi connectivity index (χ1) is 8.24. The first-order valence-electron chi connectivity index (χ1n) is 6.26. The number of likely N-dealkylation sites (tertiary alicyclic amines) is 1. The number of hydrogen-bond acceptors (Lipinski definition) is 3. The number of piperidine rings is 1. The van der Waals surface area contributed by atoms with Crippen molar-refractivity contribution in [2.45, 2.75) is 25.7 Å². The summed E-state index contributed by atoms with van der Waals surface area (Å²) in [6.07, 6.45) is 4.19. The molecular formula is C14H19NO2. The van der Waals surface area contributed by atoms with Crippen LogP contribution in [0.3, 0.4) is 0 Å². The van der Waals surface area contributed by atoms with Gasteiger partial charge in [0.2, 0.25) is 0 Å². The van der Waals surface area contributed by atoms with Crippen LogP contribution in [0.1, 0.15) is 24.8 Å². The Bertz CT molecular complexity index is 366. The standard InChI is InChI=1S/C14H19NO2/c16-13-6-4-12(5-7-13)10-14(17)11-15-8-2-1-3-9-15/h4-7,16H,1-3,8-11H2. The number of Topliss-reactive ketones (excluding diaryl/α,β-unsaturated/α-hetero) is 1. The molecule has 1 aromatic rings. The second-order valence-corrected chi connectivity index (χ2v) is 4.72. The molecule has 0 bridgehead atoms. The highest BCUT2D eigenvalue weighted by atomic mass is 16.3. The number of phenols is 1. The molecule has 17 heavy (non-hydrogen) atoms. The van der Waals surface area contributed by atoms with E-state index in [2.05, 4.69) is 4.90 Å². The van der Waals surface area contributed by atoms with Crippen molar-refractivity contribution in [3.63, 3.8) is 0 Å². The number of benzene rings is 1. The minimum atomic E-state index is 0.247. The van der Waals surface area contributed by atoms with Crippen molar-refractivity contribution < 1.29 is 9.90 Å². The quantitative estimate of drug-likeness (QED) is 0.864. The zero-order valence-electron chi connectivity index (χ0n) is 10.1. The van der Waals surface area contributed by atoms with E-state index >= 15 is 0 Å². The van der Waals surface area contributed by atoms with Gasteiger partial charge >= 0.3 is 0 Å². The van der Waals surface area contributed by atoms with E-state index in [-0.39, 0.29) is 11.5 Å².